The number of hydrogen-bond acceptors (Lipinski definition) is 4. The Morgan fingerprint density at radius 3 is 2.46 bits per heavy atom. The molecule has 1 heterocycles. The van der Waals surface area contributed by atoms with Crippen molar-refractivity contribution in [2.75, 3.05) is 6.54 Å². The van der Waals surface area contributed by atoms with E-state index in [1.54, 1.807) is 0 Å². The van der Waals surface area contributed by atoms with Crippen molar-refractivity contribution in [3.8, 4) is 0 Å². The van der Waals surface area contributed by atoms with Crippen molar-refractivity contribution in [1.29, 1.82) is 0 Å². The molecule has 0 spiro atoms. The SMILES string of the molecule is CCC(NC(=O)CNC(=O)[C@@H](N)C(C)C)c1nc2ccccc2[nH]1.Cl.Cl. The molecular weight excluding hydrogens is 377 g/mol. The predicted octanol–water partition coefficient (Wildman–Crippen LogP) is 2.07. The largest absolute Gasteiger partial charge is 0.346 e. The molecule has 1 aromatic carbocycles. The Labute approximate surface area is 165 Å². The quantitative estimate of drug-likeness (QED) is 0.566. The summed E-state index contributed by atoms with van der Waals surface area (Å²) in [7, 11) is 0. The monoisotopic (exact) mass is 403 g/mol. The normalized spacial score (nSPS) is 12.7. The minimum atomic E-state index is -0.616. The van der Waals surface area contributed by atoms with Gasteiger partial charge in [0.2, 0.25) is 11.8 Å². The van der Waals surface area contributed by atoms with Crippen molar-refractivity contribution in [3.05, 3.63) is 30.1 Å². The van der Waals surface area contributed by atoms with Crippen LogP contribution in [0.15, 0.2) is 24.3 Å². The van der Waals surface area contributed by atoms with Crippen LogP contribution in [-0.4, -0.2) is 34.4 Å². The Kier molecular flexibility index (Phi) is 10.2. The number of aromatic amines is 1. The second-order valence-electron chi connectivity index (χ2n) is 6.16. The van der Waals surface area contributed by atoms with Crippen molar-refractivity contribution in [3.63, 3.8) is 0 Å². The third kappa shape index (κ3) is 6.16. The number of rotatable bonds is 7. The van der Waals surface area contributed by atoms with Crippen LogP contribution in [-0.2, 0) is 9.59 Å². The fourth-order valence-corrected chi connectivity index (χ4v) is 2.33. The molecular formula is C17H27Cl2N5O2. The number of carbonyl (C=O) groups is 2. The van der Waals surface area contributed by atoms with Gasteiger partial charge in [-0.1, -0.05) is 32.9 Å². The number of H-pyrrole nitrogens is 1. The molecule has 0 aliphatic heterocycles. The van der Waals surface area contributed by atoms with E-state index >= 15 is 0 Å². The summed E-state index contributed by atoms with van der Waals surface area (Å²) in [6.07, 6.45) is 0.686. The van der Waals surface area contributed by atoms with Gasteiger partial charge in [0.05, 0.1) is 29.7 Å². The molecule has 2 amide bonds. The van der Waals surface area contributed by atoms with Gasteiger partial charge in [-0.3, -0.25) is 9.59 Å². The molecule has 26 heavy (non-hydrogen) atoms. The highest BCUT2D eigenvalue weighted by atomic mass is 35.5. The first kappa shape index (κ1) is 24.2. The highest BCUT2D eigenvalue weighted by molar-refractivity contribution is 5.87. The van der Waals surface area contributed by atoms with Crippen LogP contribution in [0.5, 0.6) is 0 Å². The number of nitrogens with two attached hydrogens (primary N) is 1. The van der Waals surface area contributed by atoms with Crippen LogP contribution in [0.4, 0.5) is 0 Å². The molecule has 0 saturated heterocycles. The second-order valence-corrected chi connectivity index (χ2v) is 6.16. The van der Waals surface area contributed by atoms with E-state index < -0.39 is 6.04 Å². The molecule has 0 radical (unpaired) electrons. The number of nitrogens with zero attached hydrogens (tertiary/aromatic N) is 1. The van der Waals surface area contributed by atoms with Gasteiger partial charge in [0.15, 0.2) is 0 Å². The summed E-state index contributed by atoms with van der Waals surface area (Å²) in [5.41, 5.74) is 7.53. The molecule has 0 aliphatic rings. The molecule has 1 aromatic heterocycles. The number of fused-ring (bicyclic) bond motifs is 1. The van der Waals surface area contributed by atoms with Crippen LogP contribution < -0.4 is 16.4 Å². The van der Waals surface area contributed by atoms with Crippen molar-refractivity contribution in [2.24, 2.45) is 11.7 Å². The summed E-state index contributed by atoms with van der Waals surface area (Å²) in [6, 6.07) is 6.85. The first-order valence-electron chi connectivity index (χ1n) is 8.19. The third-order valence-electron chi connectivity index (χ3n) is 3.93. The van der Waals surface area contributed by atoms with Crippen LogP contribution in [0.25, 0.3) is 11.0 Å². The molecule has 2 atom stereocenters. The molecule has 0 fully saturated rings. The zero-order valence-electron chi connectivity index (χ0n) is 15.1. The van der Waals surface area contributed by atoms with Gasteiger partial charge in [-0.2, -0.15) is 0 Å². The van der Waals surface area contributed by atoms with E-state index in [9.17, 15) is 9.59 Å². The Hall–Kier alpha value is -1.83. The number of amides is 2. The zero-order valence-corrected chi connectivity index (χ0v) is 16.7. The second kappa shape index (κ2) is 11.0. The lowest BCUT2D eigenvalue weighted by Crippen LogP contribution is -2.47. The minimum absolute atomic E-state index is 0. The number of hydrogen-bond donors (Lipinski definition) is 4. The highest BCUT2D eigenvalue weighted by Gasteiger charge is 2.20. The average Bonchev–Trinajstić information content (AvgIpc) is 3.00. The molecule has 5 N–H and O–H groups in total. The molecule has 2 aromatic rings. The van der Waals surface area contributed by atoms with E-state index in [4.69, 9.17) is 5.73 Å². The fourth-order valence-electron chi connectivity index (χ4n) is 2.33. The number of halogens is 2. The van der Waals surface area contributed by atoms with E-state index in [1.165, 1.54) is 0 Å². The molecule has 9 heteroatoms. The maximum Gasteiger partial charge on any atom is 0.239 e. The van der Waals surface area contributed by atoms with Crippen molar-refractivity contribution in [2.45, 2.75) is 39.3 Å². The average molecular weight is 404 g/mol. The number of aromatic nitrogens is 2. The van der Waals surface area contributed by atoms with Crippen molar-refractivity contribution < 1.29 is 9.59 Å². The van der Waals surface area contributed by atoms with Gasteiger partial charge < -0.3 is 21.4 Å². The van der Waals surface area contributed by atoms with Gasteiger partial charge in [0.1, 0.15) is 5.82 Å². The van der Waals surface area contributed by atoms with Crippen LogP contribution >= 0.6 is 24.8 Å². The Morgan fingerprint density at radius 1 is 1.23 bits per heavy atom. The fraction of sp³-hybridized carbons (Fsp3) is 0.471. The van der Waals surface area contributed by atoms with Crippen LogP contribution in [0.1, 0.15) is 39.1 Å². The van der Waals surface area contributed by atoms with Gasteiger partial charge in [-0.25, -0.2) is 4.98 Å². The molecule has 0 saturated carbocycles. The summed E-state index contributed by atoms with van der Waals surface area (Å²) >= 11 is 0. The zero-order chi connectivity index (χ0) is 17.7. The van der Waals surface area contributed by atoms with E-state index in [2.05, 4.69) is 20.6 Å². The summed E-state index contributed by atoms with van der Waals surface area (Å²) in [5.74, 6) is 0.132. The number of carbonyl (C=O) groups excluding carboxylic acids is 2. The van der Waals surface area contributed by atoms with Gasteiger partial charge in [0, 0.05) is 0 Å². The predicted molar refractivity (Wildman–Crippen MR) is 108 cm³/mol. The molecule has 7 nitrogen and oxygen atoms in total. The maximum absolute atomic E-state index is 12.1. The van der Waals surface area contributed by atoms with Crippen LogP contribution in [0.2, 0.25) is 0 Å². The third-order valence-corrected chi connectivity index (χ3v) is 3.93. The Balaban J connectivity index is 0.00000312. The maximum atomic E-state index is 12.1. The van der Waals surface area contributed by atoms with E-state index in [-0.39, 0.29) is 55.1 Å². The summed E-state index contributed by atoms with van der Waals surface area (Å²) in [6.45, 7) is 5.58. The lowest BCUT2D eigenvalue weighted by atomic mass is 10.1. The lowest BCUT2D eigenvalue weighted by Gasteiger charge is -2.17. The van der Waals surface area contributed by atoms with E-state index in [0.29, 0.717) is 12.2 Å². The van der Waals surface area contributed by atoms with Gasteiger partial charge >= 0.3 is 0 Å². The molecule has 1 unspecified atom stereocenters. The number of imidazole rings is 1. The van der Waals surface area contributed by atoms with E-state index in [0.717, 1.165) is 11.0 Å². The molecule has 2 rings (SSSR count). The smallest absolute Gasteiger partial charge is 0.239 e. The standard InChI is InChI=1S/C17H25N5O2.2ClH/c1-4-11(16-21-12-7-5-6-8-13(12)22-16)20-14(23)9-19-17(24)15(18)10(2)3;;/h5-8,10-11,15H,4,9,18H2,1-3H3,(H,19,24)(H,20,23)(H,21,22);2*1H/t11?,15-;;/m0../s1. The van der Waals surface area contributed by atoms with Gasteiger partial charge in [-0.05, 0) is 24.5 Å². The van der Waals surface area contributed by atoms with E-state index in [1.807, 2.05) is 45.0 Å². The van der Waals surface area contributed by atoms with Crippen molar-refractivity contribution >= 4 is 47.7 Å². The lowest BCUT2D eigenvalue weighted by molar-refractivity contribution is -0.127. The number of benzene rings is 1. The topological polar surface area (TPSA) is 113 Å². The molecule has 0 aliphatic carbocycles. The summed E-state index contributed by atoms with van der Waals surface area (Å²) in [5, 5.41) is 5.44. The summed E-state index contributed by atoms with van der Waals surface area (Å²) < 4.78 is 0. The minimum Gasteiger partial charge on any atom is -0.346 e. The van der Waals surface area contributed by atoms with Gasteiger partial charge in [-0.15, -0.1) is 24.8 Å². The molecule has 146 valence electrons. The Bertz CT molecular complexity index is 687. The Morgan fingerprint density at radius 2 is 1.88 bits per heavy atom. The number of nitrogens with one attached hydrogen (secondary N) is 3. The number of para-hydroxylation sites is 2. The summed E-state index contributed by atoms with van der Waals surface area (Å²) in [4.78, 5) is 31.6. The van der Waals surface area contributed by atoms with Gasteiger partial charge in [0.25, 0.3) is 0 Å². The molecule has 0 bridgehead atoms. The van der Waals surface area contributed by atoms with Crippen molar-refractivity contribution in [1.82, 2.24) is 20.6 Å². The van der Waals surface area contributed by atoms with Crippen LogP contribution in [0.3, 0.4) is 0 Å². The van der Waals surface area contributed by atoms with Crippen LogP contribution in [0, 0.1) is 5.92 Å². The highest BCUT2D eigenvalue weighted by Crippen LogP contribution is 2.17. The first-order chi connectivity index (χ1) is 11.4. The first-order valence-corrected chi connectivity index (χ1v) is 8.19.